The topological polar surface area (TPSA) is 37.0 Å². The molecule has 2 aromatic carbocycles. The molecule has 0 amide bonds. The quantitative estimate of drug-likeness (QED) is 0.628. The smallest absolute Gasteiger partial charge is 0.0642 e. The zero-order chi connectivity index (χ0) is 20.5. The molecule has 2 saturated heterocycles. The van der Waals surface area contributed by atoms with Crippen molar-refractivity contribution in [1.29, 1.82) is 0 Å². The normalized spacial score (nSPS) is 19.7. The molecule has 0 spiro atoms. The average molecular weight is 426 g/mol. The monoisotopic (exact) mass is 425 g/mol. The van der Waals surface area contributed by atoms with Gasteiger partial charge in [-0.1, -0.05) is 25.6 Å². The van der Waals surface area contributed by atoms with Crippen molar-refractivity contribution >= 4 is 34.5 Å². The van der Waals surface area contributed by atoms with Crippen LogP contribution in [-0.2, 0) is 9.47 Å². The summed E-state index contributed by atoms with van der Waals surface area (Å²) in [5.74, 6) is 0.516. The molecule has 2 aromatic rings. The third-order valence-corrected chi connectivity index (χ3v) is 7.56. The molecule has 0 saturated carbocycles. The molecule has 3 aliphatic heterocycles. The molecule has 5 nitrogen and oxygen atoms in total. The first-order valence-corrected chi connectivity index (χ1v) is 12.0. The van der Waals surface area contributed by atoms with Crippen LogP contribution in [0, 0.1) is 0 Å². The molecule has 160 valence electrons. The fourth-order valence-electron chi connectivity index (χ4n) is 4.42. The van der Waals surface area contributed by atoms with Gasteiger partial charge in [-0.25, -0.2) is 0 Å². The summed E-state index contributed by atoms with van der Waals surface area (Å²) in [7, 11) is 0. The Labute approximate surface area is 183 Å². The zero-order valence-electron chi connectivity index (χ0n) is 17.9. The summed E-state index contributed by atoms with van der Waals surface area (Å²) in [5, 5.41) is 3.78. The Morgan fingerprint density at radius 3 is 2.20 bits per heavy atom. The van der Waals surface area contributed by atoms with E-state index in [9.17, 15) is 0 Å². The molecule has 3 aliphatic rings. The molecule has 2 fully saturated rings. The maximum atomic E-state index is 5.58. The fraction of sp³-hybridized carbons (Fsp3) is 0.500. The van der Waals surface area contributed by atoms with E-state index in [2.05, 4.69) is 59.3 Å². The zero-order valence-corrected chi connectivity index (χ0v) is 18.8. The van der Waals surface area contributed by atoms with Crippen LogP contribution in [0.15, 0.2) is 40.1 Å². The lowest BCUT2D eigenvalue weighted by molar-refractivity contribution is 0.122. The van der Waals surface area contributed by atoms with Gasteiger partial charge in [-0.15, -0.1) is 0 Å². The summed E-state index contributed by atoms with van der Waals surface area (Å²) < 4.78 is 11.1. The summed E-state index contributed by atoms with van der Waals surface area (Å²) in [4.78, 5) is 7.53. The Bertz CT molecular complexity index is 908. The highest BCUT2D eigenvalue weighted by Crippen LogP contribution is 2.50. The van der Waals surface area contributed by atoms with Gasteiger partial charge in [0.15, 0.2) is 0 Å². The lowest BCUT2D eigenvalue weighted by Gasteiger charge is -2.33. The number of nitrogens with one attached hydrogen (secondary N) is 1. The van der Waals surface area contributed by atoms with Gasteiger partial charge in [-0.3, -0.25) is 0 Å². The first-order chi connectivity index (χ1) is 14.7. The van der Waals surface area contributed by atoms with Crippen molar-refractivity contribution in [3.63, 3.8) is 0 Å². The standard InChI is InChI=1S/C24H31N3O2S/c1-3-17(2)20-14-19(27-8-12-29-13-9-27)16-23-24(20)25-21-5-4-18(15-22(21)30-23)26-6-10-28-11-7-26/h4-5,14-17,25H,3,6-13H2,1-2H3. The van der Waals surface area contributed by atoms with Crippen LogP contribution in [0.5, 0.6) is 0 Å². The molecule has 0 bridgehead atoms. The van der Waals surface area contributed by atoms with E-state index in [1.54, 1.807) is 0 Å². The lowest BCUT2D eigenvalue weighted by atomic mass is 9.95. The number of nitrogens with zero attached hydrogens (tertiary/aromatic N) is 2. The predicted molar refractivity (Wildman–Crippen MR) is 125 cm³/mol. The molecule has 0 radical (unpaired) electrons. The SMILES string of the molecule is CCC(C)c1cc(N2CCOCC2)cc2c1Nc1ccc(N3CCOCC3)cc1S2. The second kappa shape index (κ2) is 8.69. The molecule has 30 heavy (non-hydrogen) atoms. The largest absolute Gasteiger partial charge is 0.378 e. The average Bonchev–Trinajstić information content (AvgIpc) is 2.82. The lowest BCUT2D eigenvalue weighted by Crippen LogP contribution is -2.36. The number of ether oxygens (including phenoxy) is 2. The first-order valence-electron chi connectivity index (χ1n) is 11.1. The summed E-state index contributed by atoms with van der Waals surface area (Å²) in [6, 6.07) is 11.6. The van der Waals surface area contributed by atoms with Crippen molar-refractivity contribution in [2.75, 3.05) is 67.7 Å². The van der Waals surface area contributed by atoms with Crippen molar-refractivity contribution in [3.8, 4) is 0 Å². The molecule has 3 heterocycles. The fourth-order valence-corrected chi connectivity index (χ4v) is 5.52. The van der Waals surface area contributed by atoms with E-state index in [4.69, 9.17) is 9.47 Å². The minimum absolute atomic E-state index is 0.516. The Hall–Kier alpha value is -1.89. The molecule has 1 unspecified atom stereocenters. The van der Waals surface area contributed by atoms with Crippen LogP contribution in [0.1, 0.15) is 31.7 Å². The third-order valence-electron chi connectivity index (χ3n) is 6.46. The molecule has 0 aliphatic carbocycles. The Morgan fingerprint density at radius 1 is 0.900 bits per heavy atom. The maximum Gasteiger partial charge on any atom is 0.0642 e. The van der Waals surface area contributed by atoms with Gasteiger partial charge in [0.1, 0.15) is 0 Å². The number of fused-ring (bicyclic) bond motifs is 2. The van der Waals surface area contributed by atoms with E-state index in [1.165, 1.54) is 38.1 Å². The third kappa shape index (κ3) is 3.88. The highest BCUT2D eigenvalue weighted by molar-refractivity contribution is 7.99. The summed E-state index contributed by atoms with van der Waals surface area (Å²) in [6.45, 7) is 11.7. The molecule has 1 atom stereocenters. The van der Waals surface area contributed by atoms with E-state index >= 15 is 0 Å². The van der Waals surface area contributed by atoms with Crippen LogP contribution in [0.3, 0.4) is 0 Å². The van der Waals surface area contributed by atoms with Gasteiger partial charge < -0.3 is 24.6 Å². The number of rotatable bonds is 4. The van der Waals surface area contributed by atoms with E-state index in [1.807, 2.05) is 11.8 Å². The highest BCUT2D eigenvalue weighted by atomic mass is 32.2. The van der Waals surface area contributed by atoms with Gasteiger partial charge in [0, 0.05) is 47.3 Å². The van der Waals surface area contributed by atoms with Crippen molar-refractivity contribution in [1.82, 2.24) is 0 Å². The molecule has 0 aromatic heterocycles. The minimum Gasteiger partial charge on any atom is -0.378 e. The van der Waals surface area contributed by atoms with E-state index in [0.29, 0.717) is 5.92 Å². The van der Waals surface area contributed by atoms with Gasteiger partial charge in [0.05, 0.1) is 37.8 Å². The minimum atomic E-state index is 0.516. The number of hydrogen-bond donors (Lipinski definition) is 1. The second-order valence-electron chi connectivity index (χ2n) is 8.32. The predicted octanol–water partition coefficient (Wildman–Crippen LogP) is 5.08. The van der Waals surface area contributed by atoms with Crippen LogP contribution in [0.4, 0.5) is 22.7 Å². The molecular weight excluding hydrogens is 394 g/mol. The molecule has 6 heteroatoms. The van der Waals surface area contributed by atoms with Crippen molar-refractivity contribution in [2.45, 2.75) is 36.0 Å². The number of hydrogen-bond acceptors (Lipinski definition) is 6. The van der Waals surface area contributed by atoms with Crippen LogP contribution in [0.25, 0.3) is 0 Å². The van der Waals surface area contributed by atoms with Gasteiger partial charge in [-0.05, 0) is 48.2 Å². The van der Waals surface area contributed by atoms with Crippen LogP contribution >= 0.6 is 11.8 Å². The van der Waals surface area contributed by atoms with Crippen molar-refractivity contribution in [2.24, 2.45) is 0 Å². The first kappa shape index (κ1) is 20.0. The van der Waals surface area contributed by atoms with E-state index in [0.717, 1.165) is 59.0 Å². The summed E-state index contributed by atoms with van der Waals surface area (Å²) in [6.07, 6.45) is 1.13. The van der Waals surface area contributed by atoms with Crippen LogP contribution < -0.4 is 15.1 Å². The van der Waals surface area contributed by atoms with E-state index < -0.39 is 0 Å². The Kier molecular flexibility index (Phi) is 5.81. The molecule has 1 N–H and O–H groups in total. The number of morpholine rings is 2. The highest BCUT2D eigenvalue weighted by Gasteiger charge is 2.25. The van der Waals surface area contributed by atoms with Crippen LogP contribution in [0.2, 0.25) is 0 Å². The Morgan fingerprint density at radius 2 is 1.53 bits per heavy atom. The number of benzene rings is 2. The molecular formula is C24H31N3O2S. The summed E-state index contributed by atoms with van der Waals surface area (Å²) in [5.41, 5.74) is 6.55. The second-order valence-corrected chi connectivity index (χ2v) is 9.41. The van der Waals surface area contributed by atoms with Gasteiger partial charge >= 0.3 is 0 Å². The maximum absolute atomic E-state index is 5.58. The van der Waals surface area contributed by atoms with Gasteiger partial charge in [-0.2, -0.15) is 0 Å². The Balaban J connectivity index is 1.49. The summed E-state index contributed by atoms with van der Waals surface area (Å²) >= 11 is 1.90. The van der Waals surface area contributed by atoms with Crippen molar-refractivity contribution < 1.29 is 9.47 Å². The van der Waals surface area contributed by atoms with Crippen LogP contribution in [-0.4, -0.2) is 52.6 Å². The number of anilines is 4. The van der Waals surface area contributed by atoms with Crippen molar-refractivity contribution in [3.05, 3.63) is 35.9 Å². The van der Waals surface area contributed by atoms with Gasteiger partial charge in [0.25, 0.3) is 0 Å². The van der Waals surface area contributed by atoms with Gasteiger partial charge in [0.2, 0.25) is 0 Å². The van der Waals surface area contributed by atoms with E-state index in [-0.39, 0.29) is 0 Å². The molecule has 5 rings (SSSR count).